The summed E-state index contributed by atoms with van der Waals surface area (Å²) in [7, 11) is 1.37. The highest BCUT2D eigenvalue weighted by Crippen LogP contribution is 2.26. The molecule has 1 aromatic carbocycles. The third-order valence-electron chi connectivity index (χ3n) is 3.10. The zero-order valence-corrected chi connectivity index (χ0v) is 13.1. The first-order valence-electron chi connectivity index (χ1n) is 7.04. The molecule has 0 spiro atoms. The predicted octanol–water partition coefficient (Wildman–Crippen LogP) is 2.74. The van der Waals surface area contributed by atoms with Crippen molar-refractivity contribution >= 4 is 5.97 Å². The lowest BCUT2D eigenvalue weighted by Crippen LogP contribution is -2.25. The molecule has 20 heavy (non-hydrogen) atoms. The molecule has 0 saturated heterocycles. The molecular weight excluding hydrogens is 254 g/mol. The average molecular weight is 279 g/mol. The van der Waals surface area contributed by atoms with Crippen molar-refractivity contribution in [1.29, 1.82) is 0 Å². The summed E-state index contributed by atoms with van der Waals surface area (Å²) in [5.74, 6) is 0.402. The van der Waals surface area contributed by atoms with E-state index in [4.69, 9.17) is 4.74 Å². The van der Waals surface area contributed by atoms with Crippen molar-refractivity contribution in [2.75, 3.05) is 13.7 Å². The molecule has 0 bridgehead atoms. The molecule has 0 amide bonds. The SMILES string of the molecule is CCCNCc1cc(C)c(OC(C)C(=O)OC)c(C)c1. The van der Waals surface area contributed by atoms with E-state index in [2.05, 4.69) is 29.1 Å². The van der Waals surface area contributed by atoms with Crippen LogP contribution in [0.4, 0.5) is 0 Å². The molecule has 0 aliphatic rings. The van der Waals surface area contributed by atoms with Crippen LogP contribution in [0.5, 0.6) is 5.75 Å². The van der Waals surface area contributed by atoms with Crippen LogP contribution in [-0.2, 0) is 16.1 Å². The average Bonchev–Trinajstić information content (AvgIpc) is 2.42. The maximum absolute atomic E-state index is 11.4. The van der Waals surface area contributed by atoms with Gasteiger partial charge in [-0.3, -0.25) is 0 Å². The molecule has 0 radical (unpaired) electrons. The fourth-order valence-electron chi connectivity index (χ4n) is 2.13. The number of esters is 1. The number of carbonyl (C=O) groups excluding carboxylic acids is 1. The number of methoxy groups -OCH3 is 1. The molecule has 4 nitrogen and oxygen atoms in total. The van der Waals surface area contributed by atoms with Gasteiger partial charge in [-0.15, -0.1) is 0 Å². The van der Waals surface area contributed by atoms with Gasteiger partial charge in [0.2, 0.25) is 0 Å². The minimum atomic E-state index is -0.596. The first-order valence-corrected chi connectivity index (χ1v) is 7.04. The number of rotatable bonds is 7. The van der Waals surface area contributed by atoms with Crippen LogP contribution in [0.15, 0.2) is 12.1 Å². The molecule has 0 aliphatic heterocycles. The van der Waals surface area contributed by atoms with Crippen LogP contribution >= 0.6 is 0 Å². The maximum Gasteiger partial charge on any atom is 0.346 e. The van der Waals surface area contributed by atoms with Crippen LogP contribution in [0.1, 0.15) is 37.0 Å². The second-order valence-corrected chi connectivity index (χ2v) is 5.02. The van der Waals surface area contributed by atoms with E-state index >= 15 is 0 Å². The topological polar surface area (TPSA) is 47.6 Å². The Morgan fingerprint density at radius 1 is 1.30 bits per heavy atom. The van der Waals surface area contributed by atoms with Crippen molar-refractivity contribution in [2.24, 2.45) is 0 Å². The largest absolute Gasteiger partial charge is 0.478 e. The first kappa shape index (κ1) is 16.5. The third-order valence-corrected chi connectivity index (χ3v) is 3.10. The van der Waals surface area contributed by atoms with Crippen LogP contribution in [0.2, 0.25) is 0 Å². The fourth-order valence-corrected chi connectivity index (χ4v) is 2.13. The minimum Gasteiger partial charge on any atom is -0.478 e. The van der Waals surface area contributed by atoms with E-state index in [1.807, 2.05) is 13.8 Å². The Kier molecular flexibility index (Phi) is 6.52. The number of carbonyl (C=O) groups is 1. The van der Waals surface area contributed by atoms with Gasteiger partial charge < -0.3 is 14.8 Å². The van der Waals surface area contributed by atoms with Crippen LogP contribution in [-0.4, -0.2) is 25.7 Å². The molecule has 1 aromatic rings. The number of benzene rings is 1. The van der Waals surface area contributed by atoms with Gasteiger partial charge in [-0.1, -0.05) is 19.1 Å². The molecule has 0 saturated carbocycles. The highest BCUT2D eigenvalue weighted by Gasteiger charge is 2.17. The minimum absolute atomic E-state index is 0.363. The lowest BCUT2D eigenvalue weighted by molar-refractivity contribution is -0.147. The molecule has 0 aromatic heterocycles. The number of hydrogen-bond donors (Lipinski definition) is 1. The summed E-state index contributed by atoms with van der Waals surface area (Å²) in [6, 6.07) is 4.18. The second-order valence-electron chi connectivity index (χ2n) is 5.02. The van der Waals surface area contributed by atoms with Gasteiger partial charge in [0.1, 0.15) is 5.75 Å². The molecule has 1 N–H and O–H groups in total. The Bertz CT molecular complexity index is 434. The predicted molar refractivity (Wildman–Crippen MR) is 80.0 cm³/mol. The highest BCUT2D eigenvalue weighted by molar-refractivity contribution is 5.74. The summed E-state index contributed by atoms with van der Waals surface area (Å²) in [6.45, 7) is 9.69. The Labute approximate surface area is 121 Å². The molecular formula is C16H25NO3. The molecule has 1 atom stereocenters. The Morgan fingerprint density at radius 2 is 1.90 bits per heavy atom. The number of nitrogens with one attached hydrogen (secondary N) is 1. The normalized spacial score (nSPS) is 12.1. The van der Waals surface area contributed by atoms with Gasteiger partial charge in [-0.2, -0.15) is 0 Å². The van der Waals surface area contributed by atoms with E-state index in [9.17, 15) is 4.79 Å². The first-order chi connectivity index (χ1) is 9.49. The van der Waals surface area contributed by atoms with Gasteiger partial charge in [0, 0.05) is 6.54 Å². The molecule has 1 rings (SSSR count). The molecule has 0 heterocycles. The maximum atomic E-state index is 11.4. The van der Waals surface area contributed by atoms with E-state index in [0.29, 0.717) is 0 Å². The van der Waals surface area contributed by atoms with Gasteiger partial charge in [-0.05, 0) is 50.4 Å². The van der Waals surface area contributed by atoms with Crippen molar-refractivity contribution in [2.45, 2.75) is 46.8 Å². The van der Waals surface area contributed by atoms with Gasteiger partial charge in [-0.25, -0.2) is 4.79 Å². The standard InChI is InChI=1S/C16H25NO3/c1-6-7-17-10-14-8-11(2)15(12(3)9-14)20-13(4)16(18)19-5/h8-9,13,17H,6-7,10H2,1-5H3. The van der Waals surface area contributed by atoms with Gasteiger partial charge in [0.25, 0.3) is 0 Å². The Hall–Kier alpha value is -1.55. The summed E-state index contributed by atoms with van der Waals surface area (Å²) in [6.07, 6.45) is 0.525. The van der Waals surface area contributed by atoms with Crippen molar-refractivity contribution < 1.29 is 14.3 Å². The van der Waals surface area contributed by atoms with E-state index in [1.165, 1.54) is 12.7 Å². The zero-order valence-electron chi connectivity index (χ0n) is 13.1. The van der Waals surface area contributed by atoms with Crippen molar-refractivity contribution in [3.63, 3.8) is 0 Å². The Balaban J connectivity index is 2.81. The van der Waals surface area contributed by atoms with Crippen LogP contribution < -0.4 is 10.1 Å². The van der Waals surface area contributed by atoms with Crippen LogP contribution in [0, 0.1) is 13.8 Å². The quantitative estimate of drug-likeness (QED) is 0.616. The van der Waals surface area contributed by atoms with Gasteiger partial charge in [0.05, 0.1) is 7.11 Å². The van der Waals surface area contributed by atoms with Crippen molar-refractivity contribution in [3.8, 4) is 5.75 Å². The zero-order chi connectivity index (χ0) is 15.1. The molecule has 1 unspecified atom stereocenters. The molecule has 0 aliphatic carbocycles. The summed E-state index contributed by atoms with van der Waals surface area (Å²) in [4.78, 5) is 11.4. The fraction of sp³-hybridized carbons (Fsp3) is 0.562. The van der Waals surface area contributed by atoms with Gasteiger partial charge in [0.15, 0.2) is 6.10 Å². The number of hydrogen-bond acceptors (Lipinski definition) is 4. The second kappa shape index (κ2) is 7.90. The lowest BCUT2D eigenvalue weighted by atomic mass is 10.1. The van der Waals surface area contributed by atoms with E-state index < -0.39 is 6.10 Å². The molecule has 112 valence electrons. The monoisotopic (exact) mass is 279 g/mol. The van der Waals surface area contributed by atoms with Gasteiger partial charge >= 0.3 is 5.97 Å². The van der Waals surface area contributed by atoms with E-state index in [-0.39, 0.29) is 5.97 Å². The summed E-state index contributed by atoms with van der Waals surface area (Å²) in [5.41, 5.74) is 3.30. The number of ether oxygens (including phenoxy) is 2. The highest BCUT2D eigenvalue weighted by atomic mass is 16.6. The molecule has 0 fully saturated rings. The van der Waals surface area contributed by atoms with E-state index in [0.717, 1.165) is 36.4 Å². The lowest BCUT2D eigenvalue weighted by Gasteiger charge is -2.18. The summed E-state index contributed by atoms with van der Waals surface area (Å²) < 4.78 is 10.4. The third kappa shape index (κ3) is 4.53. The summed E-state index contributed by atoms with van der Waals surface area (Å²) in [5, 5.41) is 3.38. The van der Waals surface area contributed by atoms with Crippen LogP contribution in [0.25, 0.3) is 0 Å². The van der Waals surface area contributed by atoms with Crippen LogP contribution in [0.3, 0.4) is 0 Å². The number of aryl methyl sites for hydroxylation is 2. The van der Waals surface area contributed by atoms with Crippen molar-refractivity contribution in [1.82, 2.24) is 5.32 Å². The Morgan fingerprint density at radius 3 is 2.40 bits per heavy atom. The smallest absolute Gasteiger partial charge is 0.346 e. The summed E-state index contributed by atoms with van der Waals surface area (Å²) >= 11 is 0. The van der Waals surface area contributed by atoms with E-state index in [1.54, 1.807) is 6.92 Å². The molecule has 4 heteroatoms. The van der Waals surface area contributed by atoms with Crippen molar-refractivity contribution in [3.05, 3.63) is 28.8 Å².